The second kappa shape index (κ2) is 11.4. The van der Waals surface area contributed by atoms with Gasteiger partial charge in [-0.3, -0.25) is 9.11 Å². The van der Waals surface area contributed by atoms with Crippen molar-refractivity contribution in [3.63, 3.8) is 0 Å². The van der Waals surface area contributed by atoms with E-state index in [0.717, 1.165) is 5.69 Å². The highest BCUT2D eigenvalue weighted by atomic mass is 32.3. The minimum absolute atomic E-state index is 0.256. The van der Waals surface area contributed by atoms with Crippen LogP contribution < -0.4 is 5.73 Å². The number of sulfone groups is 1. The molecule has 0 fully saturated rings. The van der Waals surface area contributed by atoms with Gasteiger partial charge in [-0.2, -0.15) is 8.42 Å². The van der Waals surface area contributed by atoms with Gasteiger partial charge in [0.2, 0.25) is 0 Å². The molecule has 0 aromatic heterocycles. The van der Waals surface area contributed by atoms with Gasteiger partial charge < -0.3 is 15.9 Å². The van der Waals surface area contributed by atoms with Crippen LogP contribution in [0.15, 0.2) is 30.3 Å². The highest BCUT2D eigenvalue weighted by Crippen LogP contribution is 1.95. The van der Waals surface area contributed by atoms with Gasteiger partial charge in [-0.25, -0.2) is 8.42 Å². The molecule has 0 aliphatic heterocycles. The maximum Gasteiger partial charge on any atom is 0.394 e. The fraction of sp³-hybridized carbons (Fsp3) is 0.400. The summed E-state index contributed by atoms with van der Waals surface area (Å²) in [5.41, 5.74) is 6.18. The van der Waals surface area contributed by atoms with E-state index in [2.05, 4.69) is 0 Å². The smallest absolute Gasteiger partial charge is 0.394 e. The van der Waals surface area contributed by atoms with E-state index in [0.29, 0.717) is 0 Å². The minimum atomic E-state index is -4.67. The Morgan fingerprint density at radius 1 is 0.857 bits per heavy atom. The zero-order valence-electron chi connectivity index (χ0n) is 11.0. The van der Waals surface area contributed by atoms with Gasteiger partial charge in [-0.1, -0.05) is 18.2 Å². The van der Waals surface area contributed by atoms with Gasteiger partial charge in [0.1, 0.15) is 0 Å². The number of aliphatic hydroxyl groups is 2. The molecule has 6 N–H and O–H groups in total. The third-order valence-electron chi connectivity index (χ3n) is 1.60. The lowest BCUT2D eigenvalue weighted by Gasteiger charge is -1.96. The number of hydrogen-bond acceptors (Lipinski definition) is 7. The molecule has 0 bridgehead atoms. The van der Waals surface area contributed by atoms with Crippen LogP contribution in [0.25, 0.3) is 0 Å². The first-order chi connectivity index (χ1) is 9.52. The first kappa shape index (κ1) is 22.0. The van der Waals surface area contributed by atoms with Crippen molar-refractivity contribution in [3.05, 3.63) is 30.3 Å². The number of hydrogen-bond donors (Lipinski definition) is 5. The number of nitrogen functional groups attached to an aromatic ring is 1. The molecular weight excluding hydrogens is 326 g/mol. The molecule has 0 unspecified atom stereocenters. The highest BCUT2D eigenvalue weighted by Gasteiger charge is 2.06. The molecule has 1 aromatic carbocycles. The van der Waals surface area contributed by atoms with Crippen LogP contribution in [-0.2, 0) is 20.2 Å². The standard InChI is InChI=1S/C6H7N.C4H10O4S.H2O4S/c7-6-4-2-1-3-5-6;5-1-3-9(7,8)4-2-6;1-5(2,3)4/h1-5H,7H2;5-6H,1-4H2;(H2,1,2,3,4). The lowest BCUT2D eigenvalue weighted by atomic mass is 10.3. The number of benzene rings is 1. The lowest BCUT2D eigenvalue weighted by molar-refractivity contribution is 0.312. The van der Waals surface area contributed by atoms with Gasteiger partial charge in [-0.15, -0.1) is 0 Å². The average Bonchev–Trinajstić information content (AvgIpc) is 2.28. The summed E-state index contributed by atoms with van der Waals surface area (Å²) < 4.78 is 52.6. The van der Waals surface area contributed by atoms with E-state index in [1.54, 1.807) is 0 Å². The normalized spacial score (nSPS) is 10.7. The van der Waals surface area contributed by atoms with Crippen molar-refractivity contribution >= 4 is 25.9 Å². The zero-order valence-corrected chi connectivity index (χ0v) is 12.7. The van der Waals surface area contributed by atoms with Crippen LogP contribution in [0.4, 0.5) is 5.69 Å². The maximum atomic E-state index is 10.5. The molecule has 0 heterocycles. The second-order valence-corrected chi connectivity index (χ2v) is 6.66. The fourth-order valence-corrected chi connectivity index (χ4v) is 1.59. The van der Waals surface area contributed by atoms with E-state index in [1.807, 2.05) is 30.3 Å². The molecule has 0 aliphatic rings. The zero-order chi connectivity index (χ0) is 16.9. The summed E-state index contributed by atoms with van der Waals surface area (Å²) in [6.45, 7) is -0.745. The predicted molar refractivity (Wildman–Crippen MR) is 77.9 cm³/mol. The summed E-state index contributed by atoms with van der Waals surface area (Å²) in [5, 5.41) is 16.3. The fourth-order valence-electron chi connectivity index (χ4n) is 0.833. The molecule has 1 rings (SSSR count). The largest absolute Gasteiger partial charge is 0.399 e. The van der Waals surface area contributed by atoms with Crippen molar-refractivity contribution in [3.8, 4) is 0 Å². The molecule has 0 saturated carbocycles. The van der Waals surface area contributed by atoms with Crippen molar-refractivity contribution in [2.24, 2.45) is 0 Å². The quantitative estimate of drug-likeness (QED) is 0.338. The molecule has 124 valence electrons. The van der Waals surface area contributed by atoms with Crippen LogP contribution >= 0.6 is 0 Å². The molecule has 11 heteroatoms. The molecule has 0 aliphatic carbocycles. The number of para-hydroxylation sites is 1. The predicted octanol–water partition coefficient (Wildman–Crippen LogP) is -0.998. The Balaban J connectivity index is 0. The van der Waals surface area contributed by atoms with E-state index in [-0.39, 0.29) is 24.7 Å². The first-order valence-electron chi connectivity index (χ1n) is 5.44. The van der Waals surface area contributed by atoms with Crippen LogP contribution in [0.1, 0.15) is 0 Å². The first-order valence-corrected chi connectivity index (χ1v) is 8.66. The molecule has 0 radical (unpaired) electrons. The minimum Gasteiger partial charge on any atom is -0.399 e. The Bertz CT molecular complexity index is 536. The summed E-state index contributed by atoms with van der Waals surface area (Å²) in [5.74, 6) is -0.513. The van der Waals surface area contributed by atoms with Gasteiger partial charge in [0.25, 0.3) is 0 Å². The van der Waals surface area contributed by atoms with Gasteiger partial charge in [0, 0.05) is 5.69 Å². The summed E-state index contributed by atoms with van der Waals surface area (Å²) in [4.78, 5) is 0. The molecule has 9 nitrogen and oxygen atoms in total. The molecule has 0 atom stereocenters. The number of aliphatic hydroxyl groups excluding tert-OH is 2. The van der Waals surface area contributed by atoms with Crippen molar-refractivity contribution in [1.82, 2.24) is 0 Å². The maximum absolute atomic E-state index is 10.5. The van der Waals surface area contributed by atoms with Crippen molar-refractivity contribution in [2.75, 3.05) is 30.5 Å². The van der Waals surface area contributed by atoms with Crippen LogP contribution in [0, 0.1) is 0 Å². The summed E-state index contributed by atoms with van der Waals surface area (Å²) in [6.07, 6.45) is 0. The van der Waals surface area contributed by atoms with Gasteiger partial charge in [0.15, 0.2) is 9.84 Å². The lowest BCUT2D eigenvalue weighted by Crippen LogP contribution is -2.15. The van der Waals surface area contributed by atoms with Crippen molar-refractivity contribution in [2.45, 2.75) is 0 Å². The molecule has 21 heavy (non-hydrogen) atoms. The highest BCUT2D eigenvalue weighted by molar-refractivity contribution is 7.91. The van der Waals surface area contributed by atoms with Crippen LogP contribution in [0.5, 0.6) is 0 Å². The van der Waals surface area contributed by atoms with E-state index < -0.39 is 20.2 Å². The van der Waals surface area contributed by atoms with E-state index in [1.165, 1.54) is 0 Å². The summed E-state index contributed by atoms with van der Waals surface area (Å²) in [7, 11) is -7.85. The number of nitrogens with two attached hydrogens (primary N) is 1. The van der Waals surface area contributed by atoms with Crippen LogP contribution in [0.3, 0.4) is 0 Å². The average molecular weight is 345 g/mol. The Hall–Kier alpha value is -1.24. The monoisotopic (exact) mass is 345 g/mol. The number of anilines is 1. The van der Waals surface area contributed by atoms with E-state index in [4.69, 9.17) is 33.5 Å². The van der Waals surface area contributed by atoms with Crippen molar-refractivity contribution in [1.29, 1.82) is 0 Å². The van der Waals surface area contributed by atoms with E-state index >= 15 is 0 Å². The molecular formula is C10H19NO8S2. The Labute approximate surface area is 123 Å². The SMILES string of the molecule is Nc1ccccc1.O=S(=O)(CCO)CCO.O=S(=O)(O)O. The van der Waals surface area contributed by atoms with Crippen LogP contribution in [0.2, 0.25) is 0 Å². The Morgan fingerprint density at radius 2 is 1.19 bits per heavy atom. The van der Waals surface area contributed by atoms with Crippen molar-refractivity contribution < 1.29 is 36.2 Å². The molecule has 0 amide bonds. The van der Waals surface area contributed by atoms with Gasteiger partial charge >= 0.3 is 10.4 Å². The third kappa shape index (κ3) is 24.2. The number of rotatable bonds is 4. The molecule has 0 spiro atoms. The third-order valence-corrected chi connectivity index (χ3v) is 3.21. The van der Waals surface area contributed by atoms with E-state index in [9.17, 15) is 8.42 Å². The van der Waals surface area contributed by atoms with Gasteiger partial charge in [-0.05, 0) is 12.1 Å². The van der Waals surface area contributed by atoms with Gasteiger partial charge in [0.05, 0.1) is 24.7 Å². The Kier molecular flexibility index (Phi) is 12.0. The summed E-state index contributed by atoms with van der Waals surface area (Å²) in [6, 6.07) is 9.49. The topological polar surface area (TPSA) is 175 Å². The molecule has 1 aromatic rings. The summed E-state index contributed by atoms with van der Waals surface area (Å²) >= 11 is 0. The Morgan fingerprint density at radius 3 is 1.38 bits per heavy atom. The second-order valence-electron chi connectivity index (χ2n) is 3.46. The molecule has 0 saturated heterocycles. The van der Waals surface area contributed by atoms with Crippen LogP contribution in [-0.4, -0.2) is 60.9 Å².